The van der Waals surface area contributed by atoms with E-state index in [2.05, 4.69) is 42.5 Å². The fraction of sp³-hybridized carbons (Fsp3) is 0.381. The van der Waals surface area contributed by atoms with Crippen LogP contribution >= 0.6 is 0 Å². The minimum atomic E-state index is -0.543. The molecule has 0 saturated heterocycles. The number of fused-ring (bicyclic) bond motifs is 1. The number of imidazole rings is 1. The maximum atomic E-state index is 10.5. The minimum Gasteiger partial charge on any atom is -0.491 e. The van der Waals surface area contributed by atoms with Gasteiger partial charge in [-0.2, -0.15) is 0 Å². The van der Waals surface area contributed by atoms with Crippen molar-refractivity contribution in [2.24, 2.45) is 0 Å². The molecule has 0 bridgehead atoms. The van der Waals surface area contributed by atoms with Crippen LogP contribution in [0.1, 0.15) is 42.8 Å². The van der Waals surface area contributed by atoms with E-state index < -0.39 is 6.10 Å². The highest BCUT2D eigenvalue weighted by Crippen LogP contribution is 2.24. The van der Waals surface area contributed by atoms with Crippen LogP contribution in [0.4, 0.5) is 0 Å². The summed E-state index contributed by atoms with van der Waals surface area (Å²) in [5.74, 6) is 1.64. The number of aliphatic hydroxyl groups is 1. The summed E-state index contributed by atoms with van der Waals surface area (Å²) in [6.07, 6.45) is 1.09. The van der Waals surface area contributed by atoms with Gasteiger partial charge in [-0.15, -0.1) is 0 Å². The summed E-state index contributed by atoms with van der Waals surface area (Å²) in [5.41, 5.74) is 4.33. The quantitative estimate of drug-likeness (QED) is 0.687. The average molecular weight is 338 g/mol. The van der Waals surface area contributed by atoms with Crippen molar-refractivity contribution in [3.8, 4) is 5.75 Å². The molecule has 0 aliphatic carbocycles. The lowest BCUT2D eigenvalue weighted by atomic mass is 10.1. The van der Waals surface area contributed by atoms with Gasteiger partial charge in [-0.25, -0.2) is 4.98 Å². The zero-order chi connectivity index (χ0) is 17.8. The van der Waals surface area contributed by atoms with Crippen molar-refractivity contribution in [3.05, 3.63) is 59.4 Å². The number of hydrogen-bond acceptors (Lipinski definition) is 3. The molecule has 0 amide bonds. The molecule has 4 heteroatoms. The molecule has 0 radical (unpaired) electrons. The van der Waals surface area contributed by atoms with E-state index in [4.69, 9.17) is 4.74 Å². The summed E-state index contributed by atoms with van der Waals surface area (Å²) in [4.78, 5) is 4.64. The molecule has 1 atom stereocenters. The fourth-order valence-corrected chi connectivity index (χ4v) is 3.19. The van der Waals surface area contributed by atoms with Crippen LogP contribution in [0.5, 0.6) is 5.75 Å². The fourth-order valence-electron chi connectivity index (χ4n) is 3.19. The molecule has 0 aliphatic rings. The van der Waals surface area contributed by atoms with Gasteiger partial charge in [0, 0.05) is 0 Å². The van der Waals surface area contributed by atoms with Gasteiger partial charge < -0.3 is 14.4 Å². The van der Waals surface area contributed by atoms with Crippen molar-refractivity contribution < 1.29 is 9.84 Å². The number of para-hydroxylation sites is 2. The highest BCUT2D eigenvalue weighted by Gasteiger charge is 2.17. The average Bonchev–Trinajstić information content (AvgIpc) is 2.96. The highest BCUT2D eigenvalue weighted by atomic mass is 16.5. The molecule has 1 unspecified atom stereocenters. The van der Waals surface area contributed by atoms with Crippen LogP contribution in [-0.4, -0.2) is 21.3 Å². The molecule has 1 heterocycles. The monoisotopic (exact) mass is 338 g/mol. The van der Waals surface area contributed by atoms with Crippen LogP contribution in [0, 0.1) is 13.8 Å². The Morgan fingerprint density at radius 3 is 2.72 bits per heavy atom. The molecular formula is C21H26N2O2. The first-order valence-electron chi connectivity index (χ1n) is 8.93. The Balaban J connectivity index is 1.81. The first kappa shape index (κ1) is 17.5. The summed E-state index contributed by atoms with van der Waals surface area (Å²) < 4.78 is 8.06. The zero-order valence-corrected chi connectivity index (χ0v) is 15.2. The molecule has 1 aromatic heterocycles. The Morgan fingerprint density at radius 1 is 1.16 bits per heavy atom. The van der Waals surface area contributed by atoms with Crippen LogP contribution in [0.3, 0.4) is 0 Å². The number of ether oxygens (including phenoxy) is 1. The van der Waals surface area contributed by atoms with E-state index >= 15 is 0 Å². The van der Waals surface area contributed by atoms with Gasteiger partial charge in [0.15, 0.2) is 0 Å². The molecule has 0 spiro atoms. The molecule has 0 aliphatic heterocycles. The summed E-state index contributed by atoms with van der Waals surface area (Å²) in [6, 6.07) is 14.2. The zero-order valence-electron chi connectivity index (χ0n) is 15.2. The summed E-state index contributed by atoms with van der Waals surface area (Å²) in [5, 5.41) is 10.5. The van der Waals surface area contributed by atoms with Crippen molar-refractivity contribution in [1.82, 2.24) is 9.55 Å². The van der Waals surface area contributed by atoms with Gasteiger partial charge in [-0.05, 0) is 44.0 Å². The van der Waals surface area contributed by atoms with E-state index in [9.17, 15) is 5.11 Å². The maximum absolute atomic E-state index is 10.5. The topological polar surface area (TPSA) is 47.3 Å². The molecule has 0 fully saturated rings. The second-order valence-corrected chi connectivity index (χ2v) is 6.53. The van der Waals surface area contributed by atoms with Crippen molar-refractivity contribution >= 4 is 11.0 Å². The van der Waals surface area contributed by atoms with E-state index in [0.29, 0.717) is 19.6 Å². The number of rotatable bonds is 7. The molecule has 1 N–H and O–H groups in total. The lowest BCUT2D eigenvalue weighted by Gasteiger charge is -2.15. The number of nitrogens with zero attached hydrogens (tertiary/aromatic N) is 2. The van der Waals surface area contributed by atoms with Gasteiger partial charge >= 0.3 is 0 Å². The van der Waals surface area contributed by atoms with E-state index in [1.807, 2.05) is 30.3 Å². The SMILES string of the molecule is CCCC(O)c1nc2ccccc2n1CCOc1ccc(C)cc1C. The molecule has 3 rings (SSSR count). The normalized spacial score (nSPS) is 12.5. The molecule has 3 aromatic rings. The Morgan fingerprint density at radius 2 is 1.96 bits per heavy atom. The third-order valence-corrected chi connectivity index (χ3v) is 4.45. The first-order valence-corrected chi connectivity index (χ1v) is 8.93. The Hall–Kier alpha value is -2.33. The maximum Gasteiger partial charge on any atom is 0.138 e. The smallest absolute Gasteiger partial charge is 0.138 e. The van der Waals surface area contributed by atoms with Crippen LogP contribution in [0.15, 0.2) is 42.5 Å². The Labute approximate surface area is 149 Å². The number of hydrogen-bond donors (Lipinski definition) is 1. The first-order chi connectivity index (χ1) is 12.1. The highest BCUT2D eigenvalue weighted by molar-refractivity contribution is 5.76. The van der Waals surface area contributed by atoms with Crippen molar-refractivity contribution in [3.63, 3.8) is 0 Å². The number of aliphatic hydroxyl groups excluding tert-OH is 1. The van der Waals surface area contributed by atoms with Gasteiger partial charge in [-0.3, -0.25) is 0 Å². The molecule has 2 aromatic carbocycles. The lowest BCUT2D eigenvalue weighted by molar-refractivity contribution is 0.151. The largest absolute Gasteiger partial charge is 0.491 e. The van der Waals surface area contributed by atoms with Crippen molar-refractivity contribution in [1.29, 1.82) is 0 Å². The number of aromatic nitrogens is 2. The van der Waals surface area contributed by atoms with Gasteiger partial charge in [0.05, 0.1) is 17.6 Å². The van der Waals surface area contributed by atoms with E-state index in [0.717, 1.165) is 34.6 Å². The van der Waals surface area contributed by atoms with Gasteiger partial charge in [0.2, 0.25) is 0 Å². The molecule has 25 heavy (non-hydrogen) atoms. The third kappa shape index (κ3) is 3.85. The Kier molecular flexibility index (Phi) is 5.39. The number of aryl methyl sites for hydroxylation is 2. The molecule has 132 valence electrons. The Bertz CT molecular complexity index is 854. The predicted molar refractivity (Wildman–Crippen MR) is 101 cm³/mol. The third-order valence-electron chi connectivity index (χ3n) is 4.45. The summed E-state index contributed by atoms with van der Waals surface area (Å²) in [6.45, 7) is 7.40. The van der Waals surface area contributed by atoms with Gasteiger partial charge in [0.1, 0.15) is 24.3 Å². The predicted octanol–water partition coefficient (Wildman–Crippen LogP) is 4.57. The summed E-state index contributed by atoms with van der Waals surface area (Å²) in [7, 11) is 0. The van der Waals surface area contributed by atoms with E-state index in [1.54, 1.807) is 0 Å². The standard InChI is InChI=1S/C21H26N2O2/c1-4-7-19(24)21-22-17-8-5-6-9-18(17)23(21)12-13-25-20-11-10-15(2)14-16(20)3/h5-6,8-11,14,19,24H,4,7,12-13H2,1-3H3. The second kappa shape index (κ2) is 7.70. The second-order valence-electron chi connectivity index (χ2n) is 6.53. The van der Waals surface area contributed by atoms with Gasteiger partial charge in [-0.1, -0.05) is 43.2 Å². The van der Waals surface area contributed by atoms with Crippen molar-refractivity contribution in [2.45, 2.75) is 46.3 Å². The van der Waals surface area contributed by atoms with E-state index in [-0.39, 0.29) is 0 Å². The van der Waals surface area contributed by atoms with E-state index in [1.165, 1.54) is 5.56 Å². The molecule has 0 saturated carbocycles. The summed E-state index contributed by atoms with van der Waals surface area (Å²) >= 11 is 0. The number of benzene rings is 2. The minimum absolute atomic E-state index is 0.538. The van der Waals surface area contributed by atoms with Crippen LogP contribution < -0.4 is 4.74 Å². The molecule has 4 nitrogen and oxygen atoms in total. The van der Waals surface area contributed by atoms with Crippen LogP contribution in [0.2, 0.25) is 0 Å². The molecular weight excluding hydrogens is 312 g/mol. The van der Waals surface area contributed by atoms with Crippen LogP contribution in [0.25, 0.3) is 11.0 Å². The lowest BCUT2D eigenvalue weighted by Crippen LogP contribution is -2.14. The van der Waals surface area contributed by atoms with Crippen molar-refractivity contribution in [2.75, 3.05) is 6.61 Å². The van der Waals surface area contributed by atoms with Gasteiger partial charge in [0.25, 0.3) is 0 Å². The van der Waals surface area contributed by atoms with Crippen LogP contribution in [-0.2, 0) is 6.54 Å².